The normalized spacial score (nSPS) is 15.2. The monoisotopic (exact) mass is 146 g/mol. The maximum Gasteiger partial charge on any atom is 0.213 e. The molecule has 52 valence electrons. The standard InChI is InChI=1S/C6H11O2P/c1-5(2)4-6(3)9(7)8/h4,9H,1H2,2-3H3,(H,7,8)/b6-4-. The van der Waals surface area contributed by atoms with Gasteiger partial charge in [0.1, 0.15) is 0 Å². The SMILES string of the molecule is C=C(C)/C=C(/C)[PH](=O)O. The molecular weight excluding hydrogens is 135 g/mol. The van der Waals surface area contributed by atoms with E-state index in [0.717, 1.165) is 5.57 Å². The molecule has 3 heteroatoms. The van der Waals surface area contributed by atoms with E-state index in [0.29, 0.717) is 5.31 Å². The first-order valence-corrected chi connectivity index (χ1v) is 3.96. The second kappa shape index (κ2) is 3.65. The van der Waals surface area contributed by atoms with E-state index in [1.54, 1.807) is 19.9 Å². The molecule has 0 rings (SSSR count). The summed E-state index contributed by atoms with van der Waals surface area (Å²) in [5, 5.41) is 0.507. The number of hydrogen-bond acceptors (Lipinski definition) is 1. The average molecular weight is 146 g/mol. The van der Waals surface area contributed by atoms with Crippen LogP contribution in [0, 0.1) is 0 Å². The quantitative estimate of drug-likeness (QED) is 0.477. The second-order valence-corrected chi connectivity index (χ2v) is 3.38. The fraction of sp³-hybridized carbons (Fsp3) is 0.333. The van der Waals surface area contributed by atoms with Crippen LogP contribution in [0.1, 0.15) is 13.8 Å². The van der Waals surface area contributed by atoms with E-state index >= 15 is 0 Å². The van der Waals surface area contributed by atoms with Crippen molar-refractivity contribution in [2.24, 2.45) is 0 Å². The van der Waals surface area contributed by atoms with E-state index < -0.39 is 8.03 Å². The van der Waals surface area contributed by atoms with Crippen LogP contribution in [0.2, 0.25) is 0 Å². The Hall–Kier alpha value is -0.330. The van der Waals surface area contributed by atoms with Crippen molar-refractivity contribution in [1.82, 2.24) is 0 Å². The van der Waals surface area contributed by atoms with Gasteiger partial charge in [-0.25, -0.2) is 0 Å². The molecule has 2 nitrogen and oxygen atoms in total. The first-order valence-electron chi connectivity index (χ1n) is 2.61. The zero-order valence-electron chi connectivity index (χ0n) is 5.64. The highest BCUT2D eigenvalue weighted by molar-refractivity contribution is 7.43. The van der Waals surface area contributed by atoms with Gasteiger partial charge < -0.3 is 4.89 Å². The van der Waals surface area contributed by atoms with Gasteiger partial charge in [0.25, 0.3) is 0 Å². The minimum Gasteiger partial charge on any atom is -0.343 e. The van der Waals surface area contributed by atoms with E-state index in [1.165, 1.54) is 0 Å². The summed E-state index contributed by atoms with van der Waals surface area (Å²) in [5.41, 5.74) is 0.805. The summed E-state index contributed by atoms with van der Waals surface area (Å²) in [6.45, 7) is 6.97. The summed E-state index contributed by atoms with van der Waals surface area (Å²) in [7, 11) is -2.46. The van der Waals surface area contributed by atoms with Crippen LogP contribution in [0.5, 0.6) is 0 Å². The Morgan fingerprint density at radius 2 is 2.11 bits per heavy atom. The van der Waals surface area contributed by atoms with Crippen molar-refractivity contribution in [3.63, 3.8) is 0 Å². The first-order chi connectivity index (χ1) is 4.04. The Labute approximate surface area is 55.8 Å². The molecule has 0 radical (unpaired) electrons. The summed E-state index contributed by atoms with van der Waals surface area (Å²) in [6.07, 6.45) is 1.61. The van der Waals surface area contributed by atoms with E-state index in [1.807, 2.05) is 0 Å². The van der Waals surface area contributed by atoms with Gasteiger partial charge >= 0.3 is 0 Å². The zero-order chi connectivity index (χ0) is 7.44. The third-order valence-corrected chi connectivity index (χ3v) is 1.62. The van der Waals surface area contributed by atoms with E-state index in [-0.39, 0.29) is 0 Å². The molecule has 0 spiro atoms. The van der Waals surface area contributed by atoms with Crippen LogP contribution >= 0.6 is 8.03 Å². The lowest BCUT2D eigenvalue weighted by molar-refractivity contribution is 0.509. The molecule has 0 saturated heterocycles. The summed E-state index contributed by atoms with van der Waals surface area (Å²) >= 11 is 0. The zero-order valence-corrected chi connectivity index (χ0v) is 6.64. The van der Waals surface area contributed by atoms with Crippen LogP contribution in [0.15, 0.2) is 23.5 Å². The van der Waals surface area contributed by atoms with E-state index in [4.69, 9.17) is 4.89 Å². The van der Waals surface area contributed by atoms with Crippen LogP contribution in [0.3, 0.4) is 0 Å². The first kappa shape index (κ1) is 8.67. The minimum absolute atomic E-state index is 0.507. The Bertz CT molecular complexity index is 170. The Balaban J connectivity index is 4.17. The van der Waals surface area contributed by atoms with Crippen LogP contribution in [-0.4, -0.2) is 4.89 Å². The van der Waals surface area contributed by atoms with Gasteiger partial charge in [-0.3, -0.25) is 4.57 Å². The van der Waals surface area contributed by atoms with E-state index in [9.17, 15) is 4.57 Å². The largest absolute Gasteiger partial charge is 0.343 e. The smallest absolute Gasteiger partial charge is 0.213 e. The molecular formula is C6H11O2P. The van der Waals surface area contributed by atoms with Crippen molar-refractivity contribution in [3.8, 4) is 0 Å². The third kappa shape index (κ3) is 4.19. The number of hydrogen-bond donors (Lipinski definition) is 1. The average Bonchev–Trinajstić information content (AvgIpc) is 1.63. The molecule has 0 aliphatic heterocycles. The number of allylic oxidation sites excluding steroid dienone is 3. The third-order valence-electron chi connectivity index (χ3n) is 0.800. The molecule has 9 heavy (non-hydrogen) atoms. The molecule has 0 bridgehead atoms. The van der Waals surface area contributed by atoms with Crippen molar-refractivity contribution in [1.29, 1.82) is 0 Å². The molecule has 0 aromatic heterocycles. The molecule has 0 aromatic carbocycles. The lowest BCUT2D eigenvalue weighted by atomic mass is 10.3. The lowest BCUT2D eigenvalue weighted by Crippen LogP contribution is -1.67. The summed E-state index contributed by atoms with van der Waals surface area (Å²) < 4.78 is 10.3. The van der Waals surface area contributed by atoms with Crippen LogP contribution < -0.4 is 0 Å². The molecule has 0 aliphatic rings. The fourth-order valence-electron chi connectivity index (χ4n) is 0.431. The Morgan fingerprint density at radius 1 is 1.67 bits per heavy atom. The molecule has 0 aromatic rings. The fourth-order valence-corrected chi connectivity index (χ4v) is 0.801. The second-order valence-electron chi connectivity index (χ2n) is 1.98. The van der Waals surface area contributed by atoms with Gasteiger partial charge in [-0.1, -0.05) is 18.2 Å². The van der Waals surface area contributed by atoms with E-state index in [2.05, 4.69) is 6.58 Å². The van der Waals surface area contributed by atoms with Crippen molar-refractivity contribution >= 4 is 8.03 Å². The topological polar surface area (TPSA) is 37.3 Å². The summed E-state index contributed by atoms with van der Waals surface area (Å²) in [5.74, 6) is 0. The molecule has 0 aliphatic carbocycles. The molecule has 0 heterocycles. The van der Waals surface area contributed by atoms with Crippen molar-refractivity contribution in [2.75, 3.05) is 0 Å². The molecule has 0 saturated carbocycles. The summed E-state index contributed by atoms with van der Waals surface area (Å²) in [6, 6.07) is 0. The van der Waals surface area contributed by atoms with Gasteiger partial charge in [0.15, 0.2) is 0 Å². The van der Waals surface area contributed by atoms with Crippen LogP contribution in [0.25, 0.3) is 0 Å². The predicted octanol–water partition coefficient (Wildman–Crippen LogP) is 1.93. The molecule has 0 fully saturated rings. The van der Waals surface area contributed by atoms with Gasteiger partial charge in [0, 0.05) is 5.31 Å². The highest BCUT2D eigenvalue weighted by Crippen LogP contribution is 2.26. The predicted molar refractivity (Wildman–Crippen MR) is 39.8 cm³/mol. The van der Waals surface area contributed by atoms with Crippen molar-refractivity contribution in [2.45, 2.75) is 13.8 Å². The molecule has 1 N–H and O–H groups in total. The maximum atomic E-state index is 10.3. The van der Waals surface area contributed by atoms with Gasteiger partial charge in [-0.05, 0) is 13.8 Å². The maximum absolute atomic E-state index is 10.3. The minimum atomic E-state index is -2.46. The van der Waals surface area contributed by atoms with Crippen LogP contribution in [-0.2, 0) is 4.57 Å². The van der Waals surface area contributed by atoms with Crippen molar-refractivity contribution < 1.29 is 9.46 Å². The van der Waals surface area contributed by atoms with Crippen LogP contribution in [0.4, 0.5) is 0 Å². The molecule has 1 atom stereocenters. The van der Waals surface area contributed by atoms with Gasteiger partial charge in [-0.15, -0.1) is 0 Å². The summed E-state index contributed by atoms with van der Waals surface area (Å²) in [4.78, 5) is 8.51. The Kier molecular flexibility index (Phi) is 3.52. The molecule has 1 unspecified atom stereocenters. The van der Waals surface area contributed by atoms with Gasteiger partial charge in [0.05, 0.1) is 0 Å². The highest BCUT2D eigenvalue weighted by Gasteiger charge is 1.92. The van der Waals surface area contributed by atoms with Gasteiger partial charge in [0.2, 0.25) is 8.03 Å². The van der Waals surface area contributed by atoms with Crippen molar-refractivity contribution in [3.05, 3.63) is 23.5 Å². The molecule has 0 amide bonds. The van der Waals surface area contributed by atoms with Gasteiger partial charge in [-0.2, -0.15) is 0 Å². The highest BCUT2D eigenvalue weighted by atomic mass is 31.1. The lowest BCUT2D eigenvalue weighted by Gasteiger charge is -1.91. The number of rotatable bonds is 2. The Morgan fingerprint density at radius 3 is 2.22 bits per heavy atom.